The van der Waals surface area contributed by atoms with Crippen LogP contribution in [0.25, 0.3) is 0 Å². The molecule has 130 valence electrons. The molecule has 1 aromatic heterocycles. The maximum Gasteiger partial charge on any atom is 0.266 e. The highest BCUT2D eigenvalue weighted by atomic mass is 32.2. The molecule has 1 aromatic carbocycles. The first-order chi connectivity index (χ1) is 11.5. The second kappa shape index (κ2) is 8.89. The second-order valence-corrected chi connectivity index (χ2v) is 7.75. The third-order valence-corrected chi connectivity index (χ3v) is 5.32. The lowest BCUT2D eigenvalue weighted by Gasteiger charge is -2.13. The van der Waals surface area contributed by atoms with Crippen LogP contribution in [-0.4, -0.2) is 35.1 Å². The van der Waals surface area contributed by atoms with Crippen LogP contribution in [0.4, 0.5) is 5.13 Å². The molecule has 0 aliphatic carbocycles. The molecule has 1 N–H and O–H groups in total. The first-order valence-corrected chi connectivity index (χ1v) is 9.36. The van der Waals surface area contributed by atoms with Gasteiger partial charge in [0.25, 0.3) is 5.91 Å². The predicted octanol–water partition coefficient (Wildman–Crippen LogP) is 3.70. The topological polar surface area (TPSA) is 73.3 Å². The number of thioether (sulfide) groups is 1. The molecule has 2 aromatic rings. The van der Waals surface area contributed by atoms with E-state index in [1.165, 1.54) is 11.3 Å². The van der Waals surface area contributed by atoms with E-state index < -0.39 is 6.10 Å². The van der Waals surface area contributed by atoms with Gasteiger partial charge in [0.2, 0.25) is 5.13 Å². The van der Waals surface area contributed by atoms with Gasteiger partial charge in [-0.05, 0) is 37.1 Å². The third kappa shape index (κ3) is 5.68. The van der Waals surface area contributed by atoms with Crippen LogP contribution in [-0.2, 0) is 4.79 Å². The molecule has 0 unspecified atom stereocenters. The number of carbonyl (C=O) groups is 1. The number of nitrogens with one attached hydrogen (secondary N) is 1. The minimum absolute atomic E-state index is 0.262. The molecule has 24 heavy (non-hydrogen) atoms. The molecule has 0 aliphatic heterocycles. The van der Waals surface area contributed by atoms with Crippen LogP contribution in [0.3, 0.4) is 0 Å². The Labute approximate surface area is 150 Å². The van der Waals surface area contributed by atoms with Crippen molar-refractivity contribution in [1.29, 1.82) is 0 Å². The van der Waals surface area contributed by atoms with Crippen molar-refractivity contribution in [2.24, 2.45) is 5.92 Å². The highest BCUT2D eigenvalue weighted by Gasteiger charge is 2.17. The lowest BCUT2D eigenvalue weighted by Crippen LogP contribution is -2.30. The fourth-order valence-electron chi connectivity index (χ4n) is 1.68. The molecule has 1 amide bonds. The summed E-state index contributed by atoms with van der Waals surface area (Å²) in [7, 11) is 1.60. The van der Waals surface area contributed by atoms with Crippen LogP contribution < -0.4 is 14.8 Å². The number of aromatic nitrogens is 2. The molecule has 0 radical (unpaired) electrons. The predicted molar refractivity (Wildman–Crippen MR) is 97.2 cm³/mol. The summed E-state index contributed by atoms with van der Waals surface area (Å²) in [4.78, 5) is 12.2. The van der Waals surface area contributed by atoms with Crippen LogP contribution in [0, 0.1) is 5.92 Å². The molecule has 0 saturated heterocycles. The quantitative estimate of drug-likeness (QED) is 0.566. The molecule has 0 spiro atoms. The minimum Gasteiger partial charge on any atom is -0.497 e. The third-order valence-electron chi connectivity index (χ3n) is 2.92. The Morgan fingerprint density at radius 2 is 1.88 bits per heavy atom. The smallest absolute Gasteiger partial charge is 0.266 e. The van der Waals surface area contributed by atoms with Gasteiger partial charge in [-0.15, -0.1) is 10.2 Å². The van der Waals surface area contributed by atoms with E-state index in [1.807, 2.05) is 0 Å². The number of methoxy groups -OCH3 is 1. The molecule has 0 bridgehead atoms. The summed E-state index contributed by atoms with van der Waals surface area (Å²) in [5.74, 6) is 2.63. The normalized spacial score (nSPS) is 12.0. The fourth-order valence-corrected chi connectivity index (χ4v) is 3.41. The Balaban J connectivity index is 1.86. The number of nitrogens with zero attached hydrogens (tertiary/aromatic N) is 2. The lowest BCUT2D eigenvalue weighted by atomic mass is 10.3. The highest BCUT2D eigenvalue weighted by molar-refractivity contribution is 8.01. The van der Waals surface area contributed by atoms with Gasteiger partial charge in [-0.25, -0.2) is 0 Å². The highest BCUT2D eigenvalue weighted by Crippen LogP contribution is 2.27. The minimum atomic E-state index is -0.644. The summed E-state index contributed by atoms with van der Waals surface area (Å²) in [5.41, 5.74) is 0. The van der Waals surface area contributed by atoms with E-state index in [2.05, 4.69) is 29.4 Å². The SMILES string of the molecule is COc1ccc(O[C@@H](C)C(=O)Nc2nnc(SCC(C)C)s2)cc1. The van der Waals surface area contributed by atoms with Crippen molar-refractivity contribution in [2.45, 2.75) is 31.2 Å². The largest absolute Gasteiger partial charge is 0.497 e. The van der Waals surface area contributed by atoms with E-state index in [9.17, 15) is 4.79 Å². The zero-order valence-corrected chi connectivity index (χ0v) is 15.7. The maximum atomic E-state index is 12.2. The Kier molecular flexibility index (Phi) is 6.86. The van der Waals surface area contributed by atoms with Crippen LogP contribution in [0.1, 0.15) is 20.8 Å². The zero-order valence-electron chi connectivity index (χ0n) is 14.1. The van der Waals surface area contributed by atoms with E-state index in [1.54, 1.807) is 50.1 Å². The Hall–Kier alpha value is -1.80. The van der Waals surface area contributed by atoms with Gasteiger partial charge in [0.15, 0.2) is 10.4 Å². The summed E-state index contributed by atoms with van der Waals surface area (Å²) in [6, 6.07) is 7.08. The second-order valence-electron chi connectivity index (χ2n) is 5.50. The monoisotopic (exact) mass is 367 g/mol. The summed E-state index contributed by atoms with van der Waals surface area (Å²) in [6.45, 7) is 5.98. The van der Waals surface area contributed by atoms with Crippen molar-refractivity contribution in [3.8, 4) is 11.5 Å². The number of rotatable bonds is 8. The van der Waals surface area contributed by atoms with Crippen LogP contribution in [0.15, 0.2) is 28.6 Å². The summed E-state index contributed by atoms with van der Waals surface area (Å²) in [5, 5.41) is 11.3. The lowest BCUT2D eigenvalue weighted by molar-refractivity contribution is -0.122. The van der Waals surface area contributed by atoms with Gasteiger partial charge in [-0.3, -0.25) is 10.1 Å². The van der Waals surface area contributed by atoms with Crippen molar-refractivity contribution in [1.82, 2.24) is 10.2 Å². The first-order valence-electron chi connectivity index (χ1n) is 7.55. The molecule has 1 heterocycles. The number of carbonyl (C=O) groups excluding carboxylic acids is 1. The maximum absolute atomic E-state index is 12.2. The average Bonchev–Trinajstić information content (AvgIpc) is 3.01. The molecule has 1 atom stereocenters. The van der Waals surface area contributed by atoms with E-state index >= 15 is 0 Å². The Morgan fingerprint density at radius 1 is 1.21 bits per heavy atom. The van der Waals surface area contributed by atoms with Gasteiger partial charge in [-0.1, -0.05) is 36.9 Å². The zero-order chi connectivity index (χ0) is 17.5. The molecular formula is C16H21N3O3S2. The van der Waals surface area contributed by atoms with Crippen molar-refractivity contribution >= 4 is 34.1 Å². The summed E-state index contributed by atoms with van der Waals surface area (Å²) < 4.78 is 11.6. The van der Waals surface area contributed by atoms with Gasteiger partial charge < -0.3 is 9.47 Å². The first kappa shape index (κ1) is 18.5. The summed E-state index contributed by atoms with van der Waals surface area (Å²) >= 11 is 3.01. The van der Waals surface area contributed by atoms with Gasteiger partial charge in [-0.2, -0.15) is 0 Å². The van der Waals surface area contributed by atoms with Crippen molar-refractivity contribution in [3.63, 3.8) is 0 Å². The molecule has 6 nitrogen and oxygen atoms in total. The number of amides is 1. The van der Waals surface area contributed by atoms with E-state index in [-0.39, 0.29) is 5.91 Å². The van der Waals surface area contributed by atoms with Crippen LogP contribution in [0.5, 0.6) is 11.5 Å². The van der Waals surface area contributed by atoms with Gasteiger partial charge >= 0.3 is 0 Å². The number of ether oxygens (including phenoxy) is 2. The molecular weight excluding hydrogens is 346 g/mol. The van der Waals surface area contributed by atoms with Crippen LogP contribution in [0.2, 0.25) is 0 Å². The number of hydrogen-bond donors (Lipinski definition) is 1. The van der Waals surface area contributed by atoms with Gasteiger partial charge in [0, 0.05) is 5.75 Å². The Morgan fingerprint density at radius 3 is 2.50 bits per heavy atom. The van der Waals surface area contributed by atoms with E-state index in [0.29, 0.717) is 16.8 Å². The van der Waals surface area contributed by atoms with Crippen LogP contribution >= 0.6 is 23.1 Å². The Bertz CT molecular complexity index is 659. The van der Waals surface area contributed by atoms with Crippen molar-refractivity contribution in [2.75, 3.05) is 18.2 Å². The van der Waals surface area contributed by atoms with Crippen molar-refractivity contribution < 1.29 is 14.3 Å². The van der Waals surface area contributed by atoms with E-state index in [0.717, 1.165) is 15.8 Å². The molecule has 0 fully saturated rings. The molecule has 2 rings (SSSR count). The number of benzene rings is 1. The number of hydrogen-bond acceptors (Lipinski definition) is 7. The molecule has 8 heteroatoms. The van der Waals surface area contributed by atoms with Gasteiger partial charge in [0.05, 0.1) is 7.11 Å². The van der Waals surface area contributed by atoms with Gasteiger partial charge in [0.1, 0.15) is 11.5 Å². The number of anilines is 1. The molecule has 0 saturated carbocycles. The standard InChI is InChI=1S/C16H21N3O3S2/c1-10(2)9-23-16-19-18-15(24-16)17-14(20)11(3)22-13-7-5-12(21-4)6-8-13/h5-8,10-11H,9H2,1-4H3,(H,17,18,20)/t11-/m0/s1. The fraction of sp³-hybridized carbons (Fsp3) is 0.438. The molecule has 0 aliphatic rings. The van der Waals surface area contributed by atoms with E-state index in [4.69, 9.17) is 9.47 Å². The van der Waals surface area contributed by atoms with Crippen molar-refractivity contribution in [3.05, 3.63) is 24.3 Å². The summed E-state index contributed by atoms with van der Waals surface area (Å²) in [6.07, 6.45) is -0.644. The average molecular weight is 367 g/mol.